The first-order chi connectivity index (χ1) is 12.1. The van der Waals surface area contributed by atoms with Gasteiger partial charge in [-0.3, -0.25) is 4.79 Å². The number of piperidine rings is 1. The Balaban J connectivity index is 1.63. The van der Waals surface area contributed by atoms with E-state index in [1.54, 1.807) is 23.5 Å². The number of hydrogen-bond donors (Lipinski definition) is 1. The molecule has 1 N–H and O–H groups in total. The van der Waals surface area contributed by atoms with Gasteiger partial charge in [-0.05, 0) is 79.2 Å². The van der Waals surface area contributed by atoms with Crippen LogP contribution in [0.3, 0.4) is 0 Å². The average molecular weight is 358 g/mol. The minimum Gasteiger partial charge on any atom is -0.331 e. The zero-order valence-corrected chi connectivity index (χ0v) is 15.2. The van der Waals surface area contributed by atoms with Crippen LogP contribution in [0, 0.1) is 18.2 Å². The van der Waals surface area contributed by atoms with E-state index >= 15 is 0 Å². The third-order valence-corrected chi connectivity index (χ3v) is 6.40. The summed E-state index contributed by atoms with van der Waals surface area (Å²) < 4.78 is 14.3. The molecule has 3 nitrogen and oxygen atoms in total. The normalized spacial score (nSPS) is 21.3. The van der Waals surface area contributed by atoms with Gasteiger partial charge in [0.2, 0.25) is 0 Å². The fourth-order valence-corrected chi connectivity index (χ4v) is 4.75. The van der Waals surface area contributed by atoms with E-state index < -0.39 is 5.82 Å². The fourth-order valence-electron chi connectivity index (χ4n) is 4.09. The highest BCUT2D eigenvalue weighted by molar-refractivity contribution is 7.07. The van der Waals surface area contributed by atoms with Crippen LogP contribution in [0.25, 0.3) is 0 Å². The van der Waals surface area contributed by atoms with E-state index in [-0.39, 0.29) is 22.9 Å². The van der Waals surface area contributed by atoms with Gasteiger partial charge in [-0.2, -0.15) is 11.3 Å². The molecule has 0 radical (unpaired) electrons. The Morgan fingerprint density at radius 3 is 2.88 bits per heavy atom. The number of nitrogens with zero attached hydrogens (tertiary/aromatic N) is 1. The molecule has 1 aromatic heterocycles. The minimum absolute atomic E-state index is 0.173. The first-order valence-electron chi connectivity index (χ1n) is 8.88. The molecule has 25 heavy (non-hydrogen) atoms. The second-order valence-corrected chi connectivity index (χ2v) is 8.16. The van der Waals surface area contributed by atoms with Crippen molar-refractivity contribution in [1.29, 1.82) is 0 Å². The van der Waals surface area contributed by atoms with Crippen LogP contribution in [0.15, 0.2) is 35.0 Å². The maximum Gasteiger partial charge on any atom is 0.257 e. The quantitative estimate of drug-likeness (QED) is 0.897. The predicted molar refractivity (Wildman–Crippen MR) is 98.3 cm³/mol. The van der Waals surface area contributed by atoms with Crippen molar-refractivity contribution < 1.29 is 9.18 Å². The molecule has 1 unspecified atom stereocenters. The van der Waals surface area contributed by atoms with Crippen LogP contribution in [-0.2, 0) is 6.54 Å². The first-order valence-corrected chi connectivity index (χ1v) is 9.82. The Bertz CT molecular complexity index is 768. The number of nitrogens with one attached hydrogen (secondary N) is 1. The molecule has 0 bridgehead atoms. The molecule has 1 spiro atoms. The third kappa shape index (κ3) is 3.23. The number of benzene rings is 1. The lowest BCUT2D eigenvalue weighted by Crippen LogP contribution is -2.39. The van der Waals surface area contributed by atoms with Crippen LogP contribution in [0.2, 0.25) is 0 Å². The summed E-state index contributed by atoms with van der Waals surface area (Å²) in [7, 11) is 0. The van der Waals surface area contributed by atoms with Crippen molar-refractivity contribution in [3.8, 4) is 0 Å². The molecule has 5 heteroatoms. The van der Waals surface area contributed by atoms with Crippen molar-refractivity contribution in [3.63, 3.8) is 0 Å². The molecule has 2 aliphatic rings. The van der Waals surface area contributed by atoms with Crippen LogP contribution in [0.1, 0.15) is 40.7 Å². The second kappa shape index (κ2) is 6.54. The third-order valence-electron chi connectivity index (χ3n) is 5.67. The number of rotatable bonds is 4. The summed E-state index contributed by atoms with van der Waals surface area (Å²) in [6.07, 6.45) is 3.24. The highest BCUT2D eigenvalue weighted by Crippen LogP contribution is 2.56. The zero-order valence-electron chi connectivity index (χ0n) is 14.4. The molecule has 2 heterocycles. The minimum atomic E-state index is -0.425. The number of carbonyl (C=O) groups excluding carboxylic acids is 1. The number of halogens is 1. The second-order valence-electron chi connectivity index (χ2n) is 7.38. The Kier molecular flexibility index (Phi) is 4.38. The number of amides is 1. The van der Waals surface area contributed by atoms with Gasteiger partial charge in [0.1, 0.15) is 5.82 Å². The lowest BCUT2D eigenvalue weighted by atomic mass is 9.93. The molecule has 2 aromatic rings. The smallest absolute Gasteiger partial charge is 0.257 e. The SMILES string of the molecule is Cc1ccc(F)c(C(=O)N(Cc2ccsc2)C2CC23CCNCC3)c1. The van der Waals surface area contributed by atoms with E-state index in [0.717, 1.165) is 43.5 Å². The average Bonchev–Trinajstić information content (AvgIpc) is 3.05. The number of carbonyl (C=O) groups is 1. The summed E-state index contributed by atoms with van der Waals surface area (Å²) in [5.74, 6) is -0.598. The van der Waals surface area contributed by atoms with Crippen LogP contribution in [0.4, 0.5) is 4.39 Å². The number of thiophene rings is 1. The van der Waals surface area contributed by atoms with Gasteiger partial charge in [0, 0.05) is 12.6 Å². The maximum absolute atomic E-state index is 14.3. The Hall–Kier alpha value is -1.72. The Morgan fingerprint density at radius 2 is 2.16 bits per heavy atom. The maximum atomic E-state index is 14.3. The lowest BCUT2D eigenvalue weighted by molar-refractivity contribution is 0.0687. The molecule has 1 aliphatic carbocycles. The van der Waals surface area contributed by atoms with Crippen LogP contribution in [-0.4, -0.2) is 29.9 Å². The molecular weight excluding hydrogens is 335 g/mol. The number of aryl methyl sites for hydroxylation is 1. The molecule has 132 valence electrons. The topological polar surface area (TPSA) is 32.3 Å². The van der Waals surface area contributed by atoms with Crippen molar-refractivity contribution in [2.45, 2.75) is 38.8 Å². The van der Waals surface area contributed by atoms with Gasteiger partial charge in [0.15, 0.2) is 0 Å². The highest BCUT2D eigenvalue weighted by Gasteiger charge is 2.57. The molecule has 1 amide bonds. The molecule has 4 rings (SSSR count). The van der Waals surface area contributed by atoms with Gasteiger partial charge in [-0.15, -0.1) is 0 Å². The van der Waals surface area contributed by atoms with Gasteiger partial charge >= 0.3 is 0 Å². The summed E-state index contributed by atoms with van der Waals surface area (Å²) in [4.78, 5) is 15.1. The van der Waals surface area contributed by atoms with Crippen molar-refractivity contribution in [2.24, 2.45) is 5.41 Å². The van der Waals surface area contributed by atoms with Gasteiger partial charge in [-0.1, -0.05) is 11.6 Å². The van der Waals surface area contributed by atoms with Crippen molar-refractivity contribution in [3.05, 3.63) is 57.5 Å². The van der Waals surface area contributed by atoms with Crippen molar-refractivity contribution in [2.75, 3.05) is 13.1 Å². The van der Waals surface area contributed by atoms with Gasteiger partial charge in [0.25, 0.3) is 5.91 Å². The molecule has 1 saturated heterocycles. The van der Waals surface area contributed by atoms with Crippen LogP contribution >= 0.6 is 11.3 Å². The predicted octanol–water partition coefficient (Wildman–Crippen LogP) is 3.98. The molecule has 1 atom stereocenters. The van der Waals surface area contributed by atoms with E-state index in [1.807, 2.05) is 17.2 Å². The van der Waals surface area contributed by atoms with Crippen molar-refractivity contribution in [1.82, 2.24) is 10.2 Å². The monoisotopic (exact) mass is 358 g/mol. The van der Waals surface area contributed by atoms with Crippen molar-refractivity contribution >= 4 is 17.2 Å². The van der Waals surface area contributed by atoms with Gasteiger partial charge < -0.3 is 10.2 Å². The van der Waals surface area contributed by atoms with Gasteiger partial charge in [0.05, 0.1) is 5.56 Å². The molecule has 1 saturated carbocycles. The van der Waals surface area contributed by atoms with Gasteiger partial charge in [-0.25, -0.2) is 4.39 Å². The number of hydrogen-bond acceptors (Lipinski definition) is 3. The summed E-state index contributed by atoms with van der Waals surface area (Å²) in [6, 6.07) is 7.06. The standard InChI is InChI=1S/C20H23FN2OS/c1-14-2-3-17(21)16(10-14)19(24)23(12-15-4-9-25-13-15)18-11-20(18)5-7-22-8-6-20/h2-4,9-10,13,18,22H,5-8,11-12H2,1H3. The molecule has 1 aliphatic heterocycles. The van der Waals surface area contributed by atoms with E-state index in [4.69, 9.17) is 0 Å². The summed E-state index contributed by atoms with van der Waals surface area (Å²) in [5, 5.41) is 7.50. The van der Waals surface area contributed by atoms with E-state index in [0.29, 0.717) is 6.54 Å². The summed E-state index contributed by atoms with van der Waals surface area (Å²) in [5.41, 5.74) is 2.47. The summed E-state index contributed by atoms with van der Waals surface area (Å²) in [6.45, 7) is 4.48. The highest BCUT2D eigenvalue weighted by atomic mass is 32.1. The molecule has 2 fully saturated rings. The van der Waals surface area contributed by atoms with E-state index in [9.17, 15) is 9.18 Å². The zero-order chi connectivity index (χ0) is 17.4. The first kappa shape index (κ1) is 16.7. The van der Waals surface area contributed by atoms with Crippen LogP contribution < -0.4 is 5.32 Å². The largest absolute Gasteiger partial charge is 0.331 e. The fraction of sp³-hybridized carbons (Fsp3) is 0.450. The Morgan fingerprint density at radius 1 is 1.36 bits per heavy atom. The van der Waals surface area contributed by atoms with E-state index in [2.05, 4.69) is 16.8 Å². The molecule has 1 aromatic carbocycles. The summed E-state index contributed by atoms with van der Waals surface area (Å²) >= 11 is 1.63. The van der Waals surface area contributed by atoms with Crippen LogP contribution in [0.5, 0.6) is 0 Å². The lowest BCUT2D eigenvalue weighted by Gasteiger charge is -2.30. The van der Waals surface area contributed by atoms with E-state index in [1.165, 1.54) is 6.07 Å². The molecular formula is C20H23FN2OS. The Labute approximate surface area is 151 Å².